The Balaban J connectivity index is 1.41. The predicted octanol–water partition coefficient (Wildman–Crippen LogP) is 4.96. The zero-order valence-corrected chi connectivity index (χ0v) is 19.3. The topological polar surface area (TPSA) is 59.0 Å². The fraction of sp³-hybridized carbons (Fsp3) is 0.444. The van der Waals surface area contributed by atoms with Gasteiger partial charge in [0.2, 0.25) is 0 Å². The SMILES string of the molecule is CCCc1cc(COc2ccc3c(c2)CCC(CN2CC(C(=O)O)C2)=C3C)cc(OC)c1. The zero-order valence-electron chi connectivity index (χ0n) is 19.3. The van der Waals surface area contributed by atoms with Gasteiger partial charge in [0.05, 0.1) is 13.0 Å². The molecule has 1 aliphatic heterocycles. The maximum atomic E-state index is 11.0. The van der Waals surface area contributed by atoms with Gasteiger partial charge in [0.1, 0.15) is 18.1 Å². The number of hydrogen-bond donors (Lipinski definition) is 1. The van der Waals surface area contributed by atoms with E-state index in [1.807, 2.05) is 6.07 Å². The number of benzene rings is 2. The van der Waals surface area contributed by atoms with Crippen LogP contribution in [-0.2, 0) is 24.2 Å². The quantitative estimate of drug-likeness (QED) is 0.603. The van der Waals surface area contributed by atoms with Gasteiger partial charge in [0.25, 0.3) is 0 Å². The Hall–Kier alpha value is -2.79. The van der Waals surface area contributed by atoms with Crippen LogP contribution in [0.25, 0.3) is 5.57 Å². The first-order valence-corrected chi connectivity index (χ1v) is 11.5. The van der Waals surface area contributed by atoms with Crippen molar-refractivity contribution in [3.05, 3.63) is 64.2 Å². The second-order valence-electron chi connectivity index (χ2n) is 9.00. The number of ether oxygens (including phenoxy) is 2. The molecule has 1 N–H and O–H groups in total. The van der Waals surface area contributed by atoms with Crippen LogP contribution in [0.4, 0.5) is 0 Å². The van der Waals surface area contributed by atoms with Crippen LogP contribution >= 0.6 is 0 Å². The van der Waals surface area contributed by atoms with E-state index in [0.29, 0.717) is 19.7 Å². The summed E-state index contributed by atoms with van der Waals surface area (Å²) in [5.74, 6) is 0.898. The summed E-state index contributed by atoms with van der Waals surface area (Å²) < 4.78 is 11.6. The largest absolute Gasteiger partial charge is 0.497 e. The lowest BCUT2D eigenvalue weighted by atomic mass is 9.85. The number of rotatable bonds is 9. The summed E-state index contributed by atoms with van der Waals surface area (Å²) in [4.78, 5) is 13.3. The molecule has 2 aliphatic rings. The third-order valence-electron chi connectivity index (χ3n) is 6.63. The molecule has 4 rings (SSSR count). The Labute approximate surface area is 190 Å². The average molecular weight is 436 g/mol. The number of methoxy groups -OCH3 is 1. The molecule has 0 unspecified atom stereocenters. The molecular weight excluding hydrogens is 402 g/mol. The number of likely N-dealkylation sites (tertiary alicyclic amines) is 1. The van der Waals surface area contributed by atoms with Gasteiger partial charge >= 0.3 is 5.97 Å². The Morgan fingerprint density at radius 2 is 1.88 bits per heavy atom. The number of allylic oxidation sites excluding steroid dienone is 1. The molecule has 1 aliphatic carbocycles. The van der Waals surface area contributed by atoms with Crippen LogP contribution in [0.2, 0.25) is 0 Å². The summed E-state index contributed by atoms with van der Waals surface area (Å²) in [6, 6.07) is 12.7. The average Bonchev–Trinajstić information content (AvgIpc) is 2.75. The first-order valence-electron chi connectivity index (χ1n) is 11.5. The number of fused-ring (bicyclic) bond motifs is 1. The number of carboxylic acid groups (broad SMARTS) is 1. The summed E-state index contributed by atoms with van der Waals surface area (Å²) in [7, 11) is 1.70. The van der Waals surface area contributed by atoms with Crippen molar-refractivity contribution in [3.63, 3.8) is 0 Å². The van der Waals surface area contributed by atoms with Gasteiger partial charge in [0, 0.05) is 19.6 Å². The highest BCUT2D eigenvalue weighted by Gasteiger charge is 2.33. The molecule has 1 saturated heterocycles. The number of aryl methyl sites for hydroxylation is 2. The molecular formula is C27H33NO4. The molecule has 32 heavy (non-hydrogen) atoms. The molecule has 5 nitrogen and oxygen atoms in total. The second kappa shape index (κ2) is 9.78. The van der Waals surface area contributed by atoms with E-state index >= 15 is 0 Å². The third-order valence-corrected chi connectivity index (χ3v) is 6.63. The minimum Gasteiger partial charge on any atom is -0.497 e. The normalized spacial score (nSPS) is 16.5. The monoisotopic (exact) mass is 435 g/mol. The van der Waals surface area contributed by atoms with Gasteiger partial charge in [-0.1, -0.05) is 31.1 Å². The lowest BCUT2D eigenvalue weighted by Crippen LogP contribution is -2.50. The van der Waals surface area contributed by atoms with Crippen molar-refractivity contribution in [1.82, 2.24) is 4.90 Å². The van der Waals surface area contributed by atoms with Crippen molar-refractivity contribution < 1.29 is 19.4 Å². The smallest absolute Gasteiger partial charge is 0.309 e. The number of aliphatic carboxylic acids is 1. The van der Waals surface area contributed by atoms with Crippen molar-refractivity contribution in [2.45, 2.75) is 46.1 Å². The lowest BCUT2D eigenvalue weighted by molar-refractivity contribution is -0.147. The van der Waals surface area contributed by atoms with Gasteiger partial charge in [0.15, 0.2) is 0 Å². The van der Waals surface area contributed by atoms with Gasteiger partial charge in [-0.3, -0.25) is 9.69 Å². The van der Waals surface area contributed by atoms with E-state index in [2.05, 4.69) is 49.1 Å². The van der Waals surface area contributed by atoms with Crippen LogP contribution in [0.15, 0.2) is 42.0 Å². The van der Waals surface area contributed by atoms with Crippen molar-refractivity contribution in [1.29, 1.82) is 0 Å². The van der Waals surface area contributed by atoms with Gasteiger partial charge in [-0.05, 0) is 78.3 Å². The molecule has 170 valence electrons. The Kier molecular flexibility index (Phi) is 6.85. The van der Waals surface area contributed by atoms with Crippen molar-refractivity contribution in [2.75, 3.05) is 26.7 Å². The van der Waals surface area contributed by atoms with Crippen LogP contribution in [0.1, 0.15) is 48.9 Å². The Morgan fingerprint density at radius 1 is 1.09 bits per heavy atom. The van der Waals surface area contributed by atoms with Gasteiger partial charge in [-0.15, -0.1) is 0 Å². The molecule has 0 spiro atoms. The predicted molar refractivity (Wildman–Crippen MR) is 126 cm³/mol. The summed E-state index contributed by atoms with van der Waals surface area (Å²) >= 11 is 0. The molecule has 2 aromatic rings. The minimum atomic E-state index is -0.677. The maximum absolute atomic E-state index is 11.0. The highest BCUT2D eigenvalue weighted by molar-refractivity contribution is 5.73. The summed E-state index contributed by atoms with van der Waals surface area (Å²) in [6.45, 7) is 7.09. The van der Waals surface area contributed by atoms with E-state index in [1.165, 1.54) is 27.8 Å². The summed E-state index contributed by atoms with van der Waals surface area (Å²) in [5, 5.41) is 9.09. The van der Waals surface area contributed by atoms with E-state index in [1.54, 1.807) is 7.11 Å². The van der Waals surface area contributed by atoms with Crippen LogP contribution in [0, 0.1) is 5.92 Å². The molecule has 0 aromatic heterocycles. The molecule has 0 bridgehead atoms. The maximum Gasteiger partial charge on any atom is 0.309 e. The van der Waals surface area contributed by atoms with Crippen molar-refractivity contribution >= 4 is 11.5 Å². The number of carboxylic acids is 1. The highest BCUT2D eigenvalue weighted by Crippen LogP contribution is 2.34. The van der Waals surface area contributed by atoms with E-state index in [0.717, 1.165) is 49.3 Å². The number of carbonyl (C=O) groups is 1. The minimum absolute atomic E-state index is 0.200. The van der Waals surface area contributed by atoms with Crippen LogP contribution < -0.4 is 9.47 Å². The van der Waals surface area contributed by atoms with Crippen LogP contribution in [0.3, 0.4) is 0 Å². The van der Waals surface area contributed by atoms with E-state index < -0.39 is 5.97 Å². The van der Waals surface area contributed by atoms with Crippen molar-refractivity contribution in [2.24, 2.45) is 5.92 Å². The molecule has 1 heterocycles. The highest BCUT2D eigenvalue weighted by atomic mass is 16.5. The standard InChI is InChI=1S/C27H33NO4/c1-4-5-19-10-20(12-25(11-19)31-3)17-32-24-8-9-26-18(2)22(7-6-21(26)13-24)14-28-15-23(16-28)27(29)30/h8-13,23H,4-7,14-17H2,1-3H3,(H,29,30). The molecule has 0 atom stereocenters. The summed E-state index contributed by atoms with van der Waals surface area (Å²) in [5.41, 5.74) is 7.77. The fourth-order valence-corrected chi connectivity index (χ4v) is 4.75. The fourth-order valence-electron chi connectivity index (χ4n) is 4.75. The van der Waals surface area contributed by atoms with Crippen LogP contribution in [-0.4, -0.2) is 42.7 Å². The lowest BCUT2D eigenvalue weighted by Gasteiger charge is -2.38. The van der Waals surface area contributed by atoms with Crippen molar-refractivity contribution in [3.8, 4) is 11.5 Å². The molecule has 5 heteroatoms. The first kappa shape index (κ1) is 22.4. The Bertz CT molecular complexity index is 1020. The summed E-state index contributed by atoms with van der Waals surface area (Å²) in [6.07, 6.45) is 4.15. The second-order valence-corrected chi connectivity index (χ2v) is 9.00. The molecule has 0 amide bonds. The first-order chi connectivity index (χ1) is 15.5. The molecule has 1 fully saturated rings. The molecule has 0 saturated carbocycles. The Morgan fingerprint density at radius 3 is 2.59 bits per heavy atom. The third kappa shape index (κ3) is 4.99. The zero-order chi connectivity index (χ0) is 22.7. The van der Waals surface area contributed by atoms with E-state index in [4.69, 9.17) is 14.6 Å². The van der Waals surface area contributed by atoms with Gasteiger partial charge < -0.3 is 14.6 Å². The number of hydrogen-bond acceptors (Lipinski definition) is 4. The van der Waals surface area contributed by atoms with E-state index in [-0.39, 0.29) is 5.92 Å². The number of nitrogens with zero attached hydrogens (tertiary/aromatic N) is 1. The molecule has 2 aromatic carbocycles. The van der Waals surface area contributed by atoms with E-state index in [9.17, 15) is 4.79 Å². The molecule has 0 radical (unpaired) electrons. The van der Waals surface area contributed by atoms with Gasteiger partial charge in [-0.25, -0.2) is 0 Å². The van der Waals surface area contributed by atoms with Gasteiger partial charge in [-0.2, -0.15) is 0 Å². The van der Waals surface area contributed by atoms with Crippen LogP contribution in [0.5, 0.6) is 11.5 Å².